The first-order chi connectivity index (χ1) is 7.98. The second kappa shape index (κ2) is 4.59. The van der Waals surface area contributed by atoms with E-state index in [1.807, 2.05) is 25.1 Å². The van der Waals surface area contributed by atoms with Crippen LogP contribution in [0.25, 0.3) is 10.2 Å². The Morgan fingerprint density at radius 1 is 1.47 bits per heavy atom. The zero-order valence-corrected chi connectivity index (χ0v) is 10.8. The third-order valence-electron chi connectivity index (χ3n) is 2.04. The minimum atomic E-state index is -3.53. The number of hydrogen-bond donors (Lipinski definition) is 1. The van der Waals surface area contributed by atoms with Crippen molar-refractivity contribution in [3.63, 3.8) is 0 Å². The molecule has 1 heterocycles. The minimum absolute atomic E-state index is 0.226. The molecule has 0 amide bonds. The Morgan fingerprint density at radius 2 is 2.24 bits per heavy atom. The van der Waals surface area contributed by atoms with Crippen molar-refractivity contribution in [2.45, 2.75) is 12.7 Å². The standard InChI is InChI=1S/C10H12N2O3S2/c1-2-15-7-3-4-8-9(5-7)16-10(12-8)6-17(11,13)14/h3-5H,2,6H2,1H3,(H2,11,13,14). The number of aromatic nitrogens is 1. The average Bonchev–Trinajstić information content (AvgIpc) is 2.56. The SMILES string of the molecule is CCOc1ccc2nc(CS(N)(=O)=O)sc2c1. The van der Waals surface area contributed by atoms with Crippen LogP contribution >= 0.6 is 11.3 Å². The quantitative estimate of drug-likeness (QED) is 0.914. The smallest absolute Gasteiger partial charge is 0.215 e. The van der Waals surface area contributed by atoms with Crippen LogP contribution in [0.15, 0.2) is 18.2 Å². The Labute approximate surface area is 103 Å². The molecule has 0 spiro atoms. The monoisotopic (exact) mass is 272 g/mol. The van der Waals surface area contributed by atoms with Gasteiger partial charge in [0, 0.05) is 0 Å². The van der Waals surface area contributed by atoms with Crippen molar-refractivity contribution < 1.29 is 13.2 Å². The lowest BCUT2D eigenvalue weighted by Crippen LogP contribution is -2.14. The molecule has 0 atom stereocenters. The molecule has 2 aromatic rings. The van der Waals surface area contributed by atoms with Crippen molar-refractivity contribution in [3.8, 4) is 5.75 Å². The molecule has 0 saturated heterocycles. The summed E-state index contributed by atoms with van der Waals surface area (Å²) in [6.45, 7) is 2.50. The maximum Gasteiger partial charge on any atom is 0.215 e. The molecule has 0 bridgehead atoms. The van der Waals surface area contributed by atoms with Crippen LogP contribution in [0.4, 0.5) is 0 Å². The van der Waals surface area contributed by atoms with Gasteiger partial charge in [-0.3, -0.25) is 0 Å². The third-order valence-corrected chi connectivity index (χ3v) is 3.92. The molecule has 2 rings (SSSR count). The number of sulfonamides is 1. The Kier molecular flexibility index (Phi) is 3.32. The summed E-state index contributed by atoms with van der Waals surface area (Å²) >= 11 is 1.31. The molecule has 92 valence electrons. The van der Waals surface area contributed by atoms with Gasteiger partial charge in [-0.25, -0.2) is 18.5 Å². The van der Waals surface area contributed by atoms with E-state index in [1.54, 1.807) is 0 Å². The van der Waals surface area contributed by atoms with E-state index in [9.17, 15) is 8.42 Å². The zero-order chi connectivity index (χ0) is 12.5. The maximum atomic E-state index is 11.0. The van der Waals surface area contributed by atoms with Crippen LogP contribution in [-0.2, 0) is 15.8 Å². The van der Waals surface area contributed by atoms with Gasteiger partial charge in [0.05, 0.1) is 16.8 Å². The number of nitrogens with zero attached hydrogens (tertiary/aromatic N) is 1. The molecule has 7 heteroatoms. The number of benzene rings is 1. The van der Waals surface area contributed by atoms with Gasteiger partial charge >= 0.3 is 0 Å². The number of thiazole rings is 1. The lowest BCUT2D eigenvalue weighted by molar-refractivity contribution is 0.341. The maximum absolute atomic E-state index is 11.0. The number of primary sulfonamides is 1. The summed E-state index contributed by atoms with van der Waals surface area (Å²) in [4.78, 5) is 4.20. The zero-order valence-electron chi connectivity index (χ0n) is 9.21. The molecule has 17 heavy (non-hydrogen) atoms. The Bertz CT molecular complexity index is 634. The van der Waals surface area contributed by atoms with E-state index in [1.165, 1.54) is 11.3 Å². The van der Waals surface area contributed by atoms with E-state index in [0.717, 1.165) is 16.0 Å². The van der Waals surface area contributed by atoms with Crippen LogP contribution < -0.4 is 9.88 Å². The highest BCUT2D eigenvalue weighted by molar-refractivity contribution is 7.88. The fourth-order valence-corrected chi connectivity index (χ4v) is 3.37. The predicted molar refractivity (Wildman–Crippen MR) is 67.6 cm³/mol. The molecule has 5 nitrogen and oxygen atoms in total. The molecule has 0 aliphatic carbocycles. The highest BCUT2D eigenvalue weighted by Gasteiger charge is 2.11. The first kappa shape index (κ1) is 12.3. The predicted octanol–water partition coefficient (Wildman–Crippen LogP) is 1.48. The highest BCUT2D eigenvalue weighted by atomic mass is 32.2. The Morgan fingerprint density at radius 3 is 2.88 bits per heavy atom. The number of nitrogens with two attached hydrogens (primary N) is 1. The molecular formula is C10H12N2O3S2. The molecule has 0 fully saturated rings. The molecule has 0 aliphatic rings. The van der Waals surface area contributed by atoms with Crippen LogP contribution in [0.1, 0.15) is 11.9 Å². The molecule has 0 unspecified atom stereocenters. The summed E-state index contributed by atoms with van der Waals surface area (Å²) in [5, 5.41) is 5.48. The van der Waals surface area contributed by atoms with E-state index in [0.29, 0.717) is 11.6 Å². The van der Waals surface area contributed by atoms with E-state index in [4.69, 9.17) is 9.88 Å². The van der Waals surface area contributed by atoms with Crippen LogP contribution in [0, 0.1) is 0 Å². The lowest BCUT2D eigenvalue weighted by atomic mass is 10.3. The number of hydrogen-bond acceptors (Lipinski definition) is 5. The van der Waals surface area contributed by atoms with Gasteiger partial charge < -0.3 is 4.74 Å². The highest BCUT2D eigenvalue weighted by Crippen LogP contribution is 2.27. The van der Waals surface area contributed by atoms with E-state index in [-0.39, 0.29) is 5.75 Å². The van der Waals surface area contributed by atoms with Crippen molar-refractivity contribution in [1.29, 1.82) is 0 Å². The number of ether oxygens (including phenoxy) is 1. The summed E-state index contributed by atoms with van der Waals surface area (Å²) < 4.78 is 28.2. The third kappa shape index (κ3) is 3.15. The fraction of sp³-hybridized carbons (Fsp3) is 0.300. The van der Waals surface area contributed by atoms with Crippen LogP contribution in [0.5, 0.6) is 5.75 Å². The first-order valence-corrected chi connectivity index (χ1v) is 7.54. The average molecular weight is 272 g/mol. The normalized spacial score (nSPS) is 11.9. The summed E-state index contributed by atoms with van der Waals surface area (Å²) in [7, 11) is -3.53. The van der Waals surface area contributed by atoms with Crippen molar-refractivity contribution in [1.82, 2.24) is 4.98 Å². The summed E-state index contributed by atoms with van der Waals surface area (Å²) in [5.74, 6) is 0.529. The molecule has 0 radical (unpaired) electrons. The minimum Gasteiger partial charge on any atom is -0.494 e. The molecule has 1 aromatic heterocycles. The van der Waals surface area contributed by atoms with Gasteiger partial charge in [-0.15, -0.1) is 11.3 Å². The largest absolute Gasteiger partial charge is 0.494 e. The van der Waals surface area contributed by atoms with Gasteiger partial charge in [-0.1, -0.05) is 0 Å². The molecule has 1 aromatic carbocycles. The van der Waals surface area contributed by atoms with Crippen molar-refractivity contribution in [3.05, 3.63) is 23.2 Å². The number of rotatable bonds is 4. The van der Waals surface area contributed by atoms with Gasteiger partial charge in [0.15, 0.2) is 0 Å². The van der Waals surface area contributed by atoms with E-state index in [2.05, 4.69) is 4.98 Å². The van der Waals surface area contributed by atoms with Crippen molar-refractivity contribution >= 4 is 31.6 Å². The summed E-state index contributed by atoms with van der Waals surface area (Å²) in [5.41, 5.74) is 0.761. The second-order valence-corrected chi connectivity index (χ2v) is 6.21. The lowest BCUT2D eigenvalue weighted by Gasteiger charge is -2.00. The molecule has 0 aliphatic heterocycles. The van der Waals surface area contributed by atoms with Crippen LogP contribution in [0.2, 0.25) is 0 Å². The summed E-state index contributed by atoms with van der Waals surface area (Å²) in [6.07, 6.45) is 0. The van der Waals surface area contributed by atoms with Crippen molar-refractivity contribution in [2.75, 3.05) is 6.61 Å². The van der Waals surface area contributed by atoms with Crippen LogP contribution in [0.3, 0.4) is 0 Å². The number of fused-ring (bicyclic) bond motifs is 1. The topological polar surface area (TPSA) is 82.3 Å². The summed E-state index contributed by atoms with van der Waals surface area (Å²) in [6, 6.07) is 5.47. The van der Waals surface area contributed by atoms with E-state index < -0.39 is 10.0 Å². The van der Waals surface area contributed by atoms with E-state index >= 15 is 0 Å². The molecule has 0 saturated carbocycles. The van der Waals surface area contributed by atoms with Gasteiger partial charge in [0.2, 0.25) is 10.0 Å². The first-order valence-electron chi connectivity index (χ1n) is 5.00. The van der Waals surface area contributed by atoms with Gasteiger partial charge in [0.25, 0.3) is 0 Å². The van der Waals surface area contributed by atoms with Crippen LogP contribution in [-0.4, -0.2) is 20.0 Å². The van der Waals surface area contributed by atoms with Gasteiger partial charge in [0.1, 0.15) is 16.5 Å². The Balaban J connectivity index is 2.37. The van der Waals surface area contributed by atoms with Crippen molar-refractivity contribution in [2.24, 2.45) is 5.14 Å². The second-order valence-electron chi connectivity index (χ2n) is 3.48. The Hall–Kier alpha value is -1.18. The molecular weight excluding hydrogens is 260 g/mol. The van der Waals surface area contributed by atoms with Gasteiger partial charge in [-0.05, 0) is 25.1 Å². The fourth-order valence-electron chi connectivity index (χ4n) is 1.44. The van der Waals surface area contributed by atoms with Gasteiger partial charge in [-0.2, -0.15) is 0 Å². The molecule has 2 N–H and O–H groups in total.